The molecule has 0 fully saturated rings. The minimum atomic E-state index is 0.884. The molecule has 0 bridgehead atoms. The Kier molecular flexibility index (Phi) is 5.47. The molecular weight excluding hydrogens is 635 g/mol. The van der Waals surface area contributed by atoms with E-state index in [1.807, 2.05) is 6.07 Å². The Hall–Kier alpha value is -7.04. The Morgan fingerprint density at radius 1 is 0.288 bits per heavy atom. The van der Waals surface area contributed by atoms with Gasteiger partial charge in [-0.3, -0.25) is 0 Å². The molecule has 0 aliphatic heterocycles. The number of furan rings is 1. The largest absolute Gasteiger partial charge is 0.454 e. The summed E-state index contributed by atoms with van der Waals surface area (Å²) in [5.41, 5.74) is 12.1. The number of nitrogens with zero attached hydrogens (tertiary/aromatic N) is 3. The molecule has 4 heteroatoms. The van der Waals surface area contributed by atoms with E-state index in [1.54, 1.807) is 0 Å². The van der Waals surface area contributed by atoms with Gasteiger partial charge in [-0.15, -0.1) is 0 Å². The molecule has 8 aromatic carbocycles. The zero-order valence-corrected chi connectivity index (χ0v) is 28.0. The summed E-state index contributed by atoms with van der Waals surface area (Å²) in [5.74, 6) is 0. The van der Waals surface area contributed by atoms with Crippen molar-refractivity contribution >= 4 is 87.4 Å². The van der Waals surface area contributed by atoms with Gasteiger partial charge in [0.15, 0.2) is 5.58 Å². The molecule has 4 heterocycles. The minimum Gasteiger partial charge on any atom is -0.454 e. The Bertz CT molecular complexity index is 3220. The van der Waals surface area contributed by atoms with Crippen LogP contribution in [0.3, 0.4) is 0 Å². The Morgan fingerprint density at radius 3 is 1.31 bits per heavy atom. The van der Waals surface area contributed by atoms with E-state index in [0.717, 1.165) is 50.0 Å². The molecule has 0 unspecified atom stereocenters. The van der Waals surface area contributed by atoms with Gasteiger partial charge in [-0.25, -0.2) is 0 Å². The Morgan fingerprint density at radius 2 is 0.731 bits per heavy atom. The Labute approximate surface area is 297 Å². The van der Waals surface area contributed by atoms with E-state index in [1.165, 1.54) is 54.4 Å². The van der Waals surface area contributed by atoms with Gasteiger partial charge < -0.3 is 18.1 Å². The second kappa shape index (κ2) is 10.3. The van der Waals surface area contributed by atoms with Crippen LogP contribution in [0.2, 0.25) is 0 Å². The smallest absolute Gasteiger partial charge is 0.159 e. The van der Waals surface area contributed by atoms with Crippen molar-refractivity contribution in [1.29, 1.82) is 0 Å². The SMILES string of the molecule is c1ccc(-n2c3ccccc3c3cc4c5cc6c7ccccc7n(-c7ccccc7)c6cc5n(-c5cccc6c5oc5ccccc56)c4cc32)cc1. The molecule has 4 aromatic heterocycles. The summed E-state index contributed by atoms with van der Waals surface area (Å²) in [6.45, 7) is 0. The molecule has 12 rings (SSSR count). The summed E-state index contributed by atoms with van der Waals surface area (Å²) in [6.07, 6.45) is 0. The maximum Gasteiger partial charge on any atom is 0.159 e. The predicted molar refractivity (Wildman–Crippen MR) is 217 cm³/mol. The van der Waals surface area contributed by atoms with Gasteiger partial charge in [-0.05, 0) is 72.8 Å². The Balaban J connectivity index is 1.30. The van der Waals surface area contributed by atoms with Gasteiger partial charge in [0.05, 0.1) is 38.8 Å². The van der Waals surface area contributed by atoms with Gasteiger partial charge in [-0.2, -0.15) is 0 Å². The van der Waals surface area contributed by atoms with Crippen molar-refractivity contribution in [1.82, 2.24) is 13.7 Å². The summed E-state index contributed by atoms with van der Waals surface area (Å²) in [6, 6.07) is 63.5. The molecule has 12 aromatic rings. The highest BCUT2D eigenvalue weighted by Crippen LogP contribution is 2.44. The van der Waals surface area contributed by atoms with Crippen LogP contribution in [0.15, 0.2) is 180 Å². The zero-order chi connectivity index (χ0) is 33.9. The standard InChI is InChI=1S/C48H29N3O/c1-3-14-30(15-4-1)49-40-22-10-7-18-32(40)36-26-38-39-27-37-33-19-8-11-23-41(33)50(31-16-5-2-6-17-31)44(37)29-46(39)51(45(38)28-43(36)49)42-24-13-21-35-34-20-9-12-25-47(34)52-48(35)42/h1-29H. The number of fused-ring (bicyclic) bond motifs is 12. The van der Waals surface area contributed by atoms with Crippen molar-refractivity contribution in [2.75, 3.05) is 0 Å². The van der Waals surface area contributed by atoms with Crippen LogP contribution in [0, 0.1) is 0 Å². The van der Waals surface area contributed by atoms with Crippen LogP contribution in [-0.2, 0) is 0 Å². The lowest BCUT2D eigenvalue weighted by molar-refractivity contribution is 0.666. The molecule has 4 nitrogen and oxygen atoms in total. The predicted octanol–water partition coefficient (Wildman–Crippen LogP) is 12.9. The second-order valence-electron chi connectivity index (χ2n) is 13.7. The zero-order valence-electron chi connectivity index (χ0n) is 28.0. The van der Waals surface area contributed by atoms with Gasteiger partial charge in [0, 0.05) is 54.5 Å². The van der Waals surface area contributed by atoms with Crippen LogP contribution < -0.4 is 0 Å². The molecular formula is C48H29N3O. The van der Waals surface area contributed by atoms with Crippen molar-refractivity contribution in [2.24, 2.45) is 0 Å². The van der Waals surface area contributed by atoms with E-state index >= 15 is 0 Å². The van der Waals surface area contributed by atoms with Gasteiger partial charge in [-0.1, -0.05) is 103 Å². The number of para-hydroxylation sites is 6. The maximum absolute atomic E-state index is 6.73. The quantitative estimate of drug-likeness (QED) is 0.185. The van der Waals surface area contributed by atoms with Crippen LogP contribution in [0.25, 0.3) is 104 Å². The summed E-state index contributed by atoms with van der Waals surface area (Å²) in [7, 11) is 0. The molecule has 0 N–H and O–H groups in total. The van der Waals surface area contributed by atoms with Crippen molar-refractivity contribution in [3.8, 4) is 17.1 Å². The van der Waals surface area contributed by atoms with Gasteiger partial charge in [0.1, 0.15) is 5.58 Å². The third-order valence-electron chi connectivity index (χ3n) is 11.0. The fourth-order valence-corrected chi connectivity index (χ4v) is 8.82. The molecule has 0 saturated carbocycles. The monoisotopic (exact) mass is 663 g/mol. The molecule has 52 heavy (non-hydrogen) atoms. The fraction of sp³-hybridized carbons (Fsp3) is 0. The average Bonchev–Trinajstić information content (AvgIpc) is 3.93. The van der Waals surface area contributed by atoms with E-state index in [4.69, 9.17) is 4.42 Å². The van der Waals surface area contributed by atoms with E-state index < -0.39 is 0 Å². The van der Waals surface area contributed by atoms with E-state index in [-0.39, 0.29) is 0 Å². The summed E-state index contributed by atoms with van der Waals surface area (Å²) in [4.78, 5) is 0. The lowest BCUT2D eigenvalue weighted by Crippen LogP contribution is -1.97. The van der Waals surface area contributed by atoms with Crippen LogP contribution in [-0.4, -0.2) is 13.7 Å². The number of aromatic nitrogens is 3. The van der Waals surface area contributed by atoms with Crippen molar-refractivity contribution in [2.45, 2.75) is 0 Å². The van der Waals surface area contributed by atoms with Gasteiger partial charge >= 0.3 is 0 Å². The molecule has 0 spiro atoms. The maximum atomic E-state index is 6.73. The molecule has 0 amide bonds. The average molecular weight is 664 g/mol. The third-order valence-corrected chi connectivity index (χ3v) is 11.0. The number of hydrogen-bond donors (Lipinski definition) is 0. The first-order valence-electron chi connectivity index (χ1n) is 17.8. The van der Waals surface area contributed by atoms with Crippen LogP contribution >= 0.6 is 0 Å². The summed E-state index contributed by atoms with van der Waals surface area (Å²) < 4.78 is 14.0. The first-order valence-corrected chi connectivity index (χ1v) is 17.8. The van der Waals surface area contributed by atoms with Gasteiger partial charge in [0.2, 0.25) is 0 Å². The minimum absolute atomic E-state index is 0.884. The second-order valence-corrected chi connectivity index (χ2v) is 13.7. The molecule has 0 aliphatic rings. The topological polar surface area (TPSA) is 27.9 Å². The summed E-state index contributed by atoms with van der Waals surface area (Å²) >= 11 is 0. The highest BCUT2D eigenvalue weighted by Gasteiger charge is 2.23. The number of rotatable bonds is 3. The number of benzene rings is 8. The van der Waals surface area contributed by atoms with Crippen LogP contribution in [0.1, 0.15) is 0 Å². The van der Waals surface area contributed by atoms with Crippen LogP contribution in [0.5, 0.6) is 0 Å². The lowest BCUT2D eigenvalue weighted by atomic mass is 10.1. The van der Waals surface area contributed by atoms with E-state index in [0.29, 0.717) is 0 Å². The molecule has 0 aliphatic carbocycles. The first kappa shape index (κ1) is 27.7. The fourth-order valence-electron chi connectivity index (χ4n) is 8.82. The first-order chi connectivity index (χ1) is 25.8. The molecule has 0 radical (unpaired) electrons. The lowest BCUT2D eigenvalue weighted by Gasteiger charge is -2.11. The summed E-state index contributed by atoms with van der Waals surface area (Å²) in [5, 5.41) is 9.62. The highest BCUT2D eigenvalue weighted by molar-refractivity contribution is 6.23. The van der Waals surface area contributed by atoms with E-state index in [9.17, 15) is 0 Å². The normalized spacial score (nSPS) is 12.2. The van der Waals surface area contributed by atoms with Gasteiger partial charge in [0.25, 0.3) is 0 Å². The highest BCUT2D eigenvalue weighted by atomic mass is 16.3. The molecule has 0 saturated heterocycles. The number of hydrogen-bond acceptors (Lipinski definition) is 1. The van der Waals surface area contributed by atoms with Crippen molar-refractivity contribution < 1.29 is 4.42 Å². The third kappa shape index (κ3) is 3.65. The molecule has 242 valence electrons. The molecule has 0 atom stereocenters. The van der Waals surface area contributed by atoms with Crippen molar-refractivity contribution in [3.63, 3.8) is 0 Å². The van der Waals surface area contributed by atoms with Crippen LogP contribution in [0.4, 0.5) is 0 Å². The van der Waals surface area contributed by atoms with E-state index in [2.05, 4.69) is 184 Å². The van der Waals surface area contributed by atoms with Crippen molar-refractivity contribution in [3.05, 3.63) is 176 Å².